The second kappa shape index (κ2) is 8.95. The SMILES string of the molecule is CC(=O)OC[C@@H]1O[C@H](c2c(O)cc3oc(-c4ccc(O)cc4)cc(=O)c3c2O)[C@@H](O)[C@H](O)[C@H]1O. The Hall–Kier alpha value is -3.64. The minimum Gasteiger partial charge on any atom is -0.508 e. The van der Waals surface area contributed by atoms with E-state index in [4.69, 9.17) is 13.9 Å². The molecule has 0 unspecified atom stereocenters. The van der Waals surface area contributed by atoms with Crippen LogP contribution in [0.3, 0.4) is 0 Å². The van der Waals surface area contributed by atoms with Gasteiger partial charge in [0.05, 0.1) is 5.56 Å². The van der Waals surface area contributed by atoms with Gasteiger partial charge in [0.2, 0.25) is 0 Å². The largest absolute Gasteiger partial charge is 0.508 e. The van der Waals surface area contributed by atoms with E-state index in [1.807, 2.05) is 0 Å². The Bertz CT molecular complexity index is 1280. The molecule has 1 aliphatic heterocycles. The van der Waals surface area contributed by atoms with Gasteiger partial charge in [0, 0.05) is 24.6 Å². The van der Waals surface area contributed by atoms with E-state index in [2.05, 4.69) is 0 Å². The first-order valence-corrected chi connectivity index (χ1v) is 10.2. The predicted octanol–water partition coefficient (Wildman–Crippen LogP) is 0.662. The Balaban J connectivity index is 1.79. The number of phenolic OH excluding ortho intramolecular Hbond substituents is 3. The van der Waals surface area contributed by atoms with Crippen LogP contribution in [0.2, 0.25) is 0 Å². The smallest absolute Gasteiger partial charge is 0.302 e. The fourth-order valence-corrected chi connectivity index (χ4v) is 3.88. The van der Waals surface area contributed by atoms with E-state index in [0.29, 0.717) is 5.56 Å². The Labute approximate surface area is 191 Å². The van der Waals surface area contributed by atoms with Crippen molar-refractivity contribution in [2.75, 3.05) is 6.61 Å². The van der Waals surface area contributed by atoms with Gasteiger partial charge in [0.15, 0.2) is 5.43 Å². The van der Waals surface area contributed by atoms with Gasteiger partial charge in [-0.1, -0.05) is 0 Å². The van der Waals surface area contributed by atoms with E-state index >= 15 is 0 Å². The minimum atomic E-state index is -1.80. The van der Waals surface area contributed by atoms with Gasteiger partial charge >= 0.3 is 5.97 Å². The second-order valence-corrected chi connectivity index (χ2v) is 7.92. The normalized spacial score (nSPS) is 24.8. The number of rotatable bonds is 4. The highest BCUT2D eigenvalue weighted by Gasteiger charge is 2.46. The average molecular weight is 474 g/mol. The van der Waals surface area contributed by atoms with E-state index in [1.54, 1.807) is 0 Å². The zero-order chi connectivity index (χ0) is 24.7. The summed E-state index contributed by atoms with van der Waals surface area (Å²) in [5.41, 5.74) is -0.804. The maximum atomic E-state index is 12.8. The van der Waals surface area contributed by atoms with Gasteiger partial charge in [-0.3, -0.25) is 9.59 Å². The highest BCUT2D eigenvalue weighted by Crippen LogP contribution is 2.44. The fraction of sp³-hybridized carbons (Fsp3) is 0.304. The maximum absolute atomic E-state index is 12.8. The zero-order valence-electron chi connectivity index (χ0n) is 17.8. The van der Waals surface area contributed by atoms with Crippen molar-refractivity contribution in [3.05, 3.63) is 52.2 Å². The molecular formula is C23H22O11. The van der Waals surface area contributed by atoms with Gasteiger partial charge in [0.1, 0.15) is 71.1 Å². The Morgan fingerprint density at radius 3 is 2.32 bits per heavy atom. The van der Waals surface area contributed by atoms with Gasteiger partial charge < -0.3 is 44.5 Å². The third kappa shape index (κ3) is 4.17. The van der Waals surface area contributed by atoms with Crippen LogP contribution in [0.25, 0.3) is 22.3 Å². The molecule has 11 nitrogen and oxygen atoms in total. The molecule has 0 radical (unpaired) electrons. The van der Waals surface area contributed by atoms with Crippen LogP contribution in [0.5, 0.6) is 17.2 Å². The number of benzene rings is 2. The molecule has 1 aliphatic rings. The van der Waals surface area contributed by atoms with Crippen molar-refractivity contribution < 1.29 is 49.3 Å². The molecular weight excluding hydrogens is 452 g/mol. The molecule has 2 aromatic carbocycles. The molecule has 0 saturated carbocycles. The fourth-order valence-electron chi connectivity index (χ4n) is 3.88. The first-order valence-electron chi connectivity index (χ1n) is 10.2. The Morgan fingerprint density at radius 1 is 1.00 bits per heavy atom. The van der Waals surface area contributed by atoms with Crippen LogP contribution >= 0.6 is 0 Å². The summed E-state index contributed by atoms with van der Waals surface area (Å²) >= 11 is 0. The van der Waals surface area contributed by atoms with E-state index in [0.717, 1.165) is 19.1 Å². The average Bonchev–Trinajstić information content (AvgIpc) is 2.78. The van der Waals surface area contributed by atoms with Gasteiger partial charge in [-0.05, 0) is 24.3 Å². The topological polar surface area (TPSA) is 187 Å². The number of ether oxygens (including phenoxy) is 2. The maximum Gasteiger partial charge on any atom is 0.302 e. The molecule has 0 bridgehead atoms. The third-order valence-corrected chi connectivity index (χ3v) is 5.61. The van der Waals surface area contributed by atoms with Crippen molar-refractivity contribution in [2.24, 2.45) is 0 Å². The highest BCUT2D eigenvalue weighted by molar-refractivity contribution is 5.88. The number of carbonyl (C=O) groups is 1. The molecule has 0 spiro atoms. The van der Waals surface area contributed by atoms with Crippen molar-refractivity contribution in [1.82, 2.24) is 0 Å². The van der Waals surface area contributed by atoms with Crippen LogP contribution in [0, 0.1) is 0 Å². The highest BCUT2D eigenvalue weighted by atomic mass is 16.6. The lowest BCUT2D eigenvalue weighted by Crippen LogP contribution is -2.55. The minimum absolute atomic E-state index is 0.0113. The quantitative estimate of drug-likeness (QED) is 0.292. The van der Waals surface area contributed by atoms with Crippen molar-refractivity contribution in [3.8, 4) is 28.6 Å². The predicted molar refractivity (Wildman–Crippen MR) is 115 cm³/mol. The summed E-state index contributed by atoms with van der Waals surface area (Å²) < 4.78 is 16.0. The van der Waals surface area contributed by atoms with E-state index in [-0.39, 0.29) is 22.5 Å². The lowest BCUT2D eigenvalue weighted by atomic mass is 9.89. The summed E-state index contributed by atoms with van der Waals surface area (Å²) in [5, 5.41) is 61.5. The third-order valence-electron chi connectivity index (χ3n) is 5.61. The molecule has 4 rings (SSSR count). The van der Waals surface area contributed by atoms with Gasteiger partial charge in [-0.15, -0.1) is 0 Å². The standard InChI is InChI=1S/C23H22O11/c1-9(24)32-8-16-19(28)21(30)22(31)23(34-16)18-13(27)7-15-17(20(18)29)12(26)6-14(33-15)10-2-4-11(25)5-3-10/h2-7,16,19,21-23,25,27-31H,8H2,1H3/t16-,19-,21+,22-,23+/m0/s1. The van der Waals surface area contributed by atoms with E-state index in [9.17, 15) is 40.2 Å². The van der Waals surface area contributed by atoms with Gasteiger partial charge in [-0.2, -0.15) is 0 Å². The lowest BCUT2D eigenvalue weighted by molar-refractivity contribution is -0.234. The molecule has 0 aliphatic carbocycles. The number of esters is 1. The molecule has 11 heteroatoms. The summed E-state index contributed by atoms with van der Waals surface area (Å²) in [6.45, 7) is 0.661. The second-order valence-electron chi connectivity index (χ2n) is 7.92. The lowest BCUT2D eigenvalue weighted by Gasteiger charge is -2.40. The number of carbonyl (C=O) groups excluding carboxylic acids is 1. The monoisotopic (exact) mass is 474 g/mol. The van der Waals surface area contributed by atoms with Gasteiger partial charge in [-0.25, -0.2) is 0 Å². The summed E-state index contributed by atoms with van der Waals surface area (Å²) in [5.74, 6) is -1.92. The Morgan fingerprint density at radius 2 is 1.68 bits per heavy atom. The van der Waals surface area contributed by atoms with Crippen molar-refractivity contribution in [2.45, 2.75) is 37.4 Å². The molecule has 2 heterocycles. The van der Waals surface area contributed by atoms with Crippen molar-refractivity contribution in [3.63, 3.8) is 0 Å². The van der Waals surface area contributed by atoms with Crippen LogP contribution in [0.4, 0.5) is 0 Å². The molecule has 1 fully saturated rings. The number of fused-ring (bicyclic) bond motifs is 1. The summed E-state index contributed by atoms with van der Waals surface area (Å²) in [7, 11) is 0. The number of hydrogen-bond donors (Lipinski definition) is 6. The first-order chi connectivity index (χ1) is 16.1. The number of aliphatic hydroxyl groups is 3. The van der Waals surface area contributed by atoms with Crippen molar-refractivity contribution >= 4 is 16.9 Å². The number of aliphatic hydroxyl groups excluding tert-OH is 3. The molecule has 0 amide bonds. The summed E-state index contributed by atoms with van der Waals surface area (Å²) in [6, 6.07) is 7.96. The molecule has 5 atom stereocenters. The number of phenols is 3. The Kier molecular flexibility index (Phi) is 6.19. The van der Waals surface area contributed by atoms with Crippen LogP contribution in [-0.4, -0.2) is 67.6 Å². The van der Waals surface area contributed by atoms with Crippen LogP contribution in [0.1, 0.15) is 18.6 Å². The molecule has 180 valence electrons. The number of hydrogen-bond acceptors (Lipinski definition) is 11. The molecule has 6 N–H and O–H groups in total. The van der Waals surface area contributed by atoms with Crippen LogP contribution in [0.15, 0.2) is 45.6 Å². The molecule has 3 aromatic rings. The van der Waals surface area contributed by atoms with E-state index in [1.165, 1.54) is 24.3 Å². The van der Waals surface area contributed by atoms with E-state index < -0.39 is 65.6 Å². The summed E-state index contributed by atoms with van der Waals surface area (Å²) in [4.78, 5) is 24.0. The van der Waals surface area contributed by atoms with Crippen LogP contribution < -0.4 is 5.43 Å². The van der Waals surface area contributed by atoms with Gasteiger partial charge in [0.25, 0.3) is 0 Å². The molecule has 1 saturated heterocycles. The van der Waals surface area contributed by atoms with Crippen LogP contribution in [-0.2, 0) is 14.3 Å². The first kappa shape index (κ1) is 23.5. The zero-order valence-corrected chi connectivity index (χ0v) is 17.8. The van der Waals surface area contributed by atoms with Crippen molar-refractivity contribution in [1.29, 1.82) is 0 Å². The molecule has 1 aromatic heterocycles. The summed E-state index contributed by atoms with van der Waals surface area (Å²) in [6.07, 6.45) is -8.09. The number of aromatic hydroxyl groups is 3. The molecule has 34 heavy (non-hydrogen) atoms.